The molecule has 9 heavy (non-hydrogen) atoms. The lowest BCUT2D eigenvalue weighted by Gasteiger charge is -2.08. The van der Waals surface area contributed by atoms with Gasteiger partial charge in [-0.2, -0.15) is 0 Å². The quantitative estimate of drug-likeness (QED) is 0.445. The van der Waals surface area contributed by atoms with E-state index in [2.05, 4.69) is 5.32 Å². The number of rotatable bonds is 0. The lowest BCUT2D eigenvalue weighted by molar-refractivity contribution is 0.210. The number of carbonyl (C=O) groups excluding carboxylic acids is 3. The first kappa shape index (κ1) is 5.54. The number of amides is 6. The number of nitrogens with zero attached hydrogens (tertiary/aromatic N) is 1. The third kappa shape index (κ3) is 1.15. The molecule has 0 bridgehead atoms. The maximum absolute atomic E-state index is 10.2. The van der Waals surface area contributed by atoms with Gasteiger partial charge in [0.25, 0.3) is 0 Å². The predicted molar refractivity (Wildman–Crippen MR) is 24.6 cm³/mol. The monoisotopic (exact) mass is 128 g/mol. The molecule has 6 heteroatoms. The molecule has 1 aliphatic heterocycles. The summed E-state index contributed by atoms with van der Waals surface area (Å²) in [5, 5.41) is 6.28. The molecule has 0 aliphatic carbocycles. The number of nitrogens with one attached hydrogen (secondary N) is 2. The van der Waals surface area contributed by atoms with E-state index >= 15 is 0 Å². The molecule has 6 nitrogen and oxygen atoms in total. The molecule has 1 rings (SSSR count). The van der Waals surface area contributed by atoms with E-state index < -0.39 is 18.1 Å². The average molecular weight is 128 g/mol. The van der Waals surface area contributed by atoms with Crippen LogP contribution in [0, 0.1) is 0 Å². The van der Waals surface area contributed by atoms with Gasteiger partial charge in [-0.1, -0.05) is 0 Å². The first-order valence-electron chi connectivity index (χ1n) is 2.06. The van der Waals surface area contributed by atoms with Crippen molar-refractivity contribution < 1.29 is 14.4 Å². The van der Waals surface area contributed by atoms with Crippen molar-refractivity contribution in [3.8, 4) is 0 Å². The Morgan fingerprint density at radius 1 is 1.00 bits per heavy atom. The second kappa shape index (κ2) is 1.73. The van der Waals surface area contributed by atoms with Crippen molar-refractivity contribution in [3.05, 3.63) is 0 Å². The fourth-order valence-corrected chi connectivity index (χ4v) is 0.374. The second-order valence-corrected chi connectivity index (χ2v) is 1.30. The molecule has 1 radical (unpaired) electrons. The van der Waals surface area contributed by atoms with Crippen molar-refractivity contribution in [3.63, 3.8) is 0 Å². The maximum Gasteiger partial charge on any atom is 0.353 e. The summed E-state index contributed by atoms with van der Waals surface area (Å²) in [4.78, 5) is 30.4. The molecule has 1 aliphatic rings. The summed E-state index contributed by atoms with van der Waals surface area (Å²) in [6.07, 6.45) is 0. The molecule has 1 heterocycles. The van der Waals surface area contributed by atoms with E-state index in [0.29, 0.717) is 0 Å². The van der Waals surface area contributed by atoms with Crippen molar-refractivity contribution in [1.82, 2.24) is 16.0 Å². The fourth-order valence-electron chi connectivity index (χ4n) is 0.374. The SMILES string of the molecule is O=C1[N]C(=O)NC(=O)N1. The Hall–Kier alpha value is -1.59. The van der Waals surface area contributed by atoms with E-state index in [1.165, 1.54) is 0 Å². The van der Waals surface area contributed by atoms with Gasteiger partial charge in [-0.3, -0.25) is 10.6 Å². The molecule has 0 atom stereocenters. The fraction of sp³-hybridized carbons (Fsp3) is 0. The average Bonchev–Trinajstić information content (AvgIpc) is 1.59. The zero-order chi connectivity index (χ0) is 6.85. The summed E-state index contributed by atoms with van der Waals surface area (Å²) in [5.41, 5.74) is 0. The molecule has 0 spiro atoms. The predicted octanol–water partition coefficient (Wildman–Crippen LogP) is -0.856. The highest BCUT2D eigenvalue weighted by Gasteiger charge is 2.21. The maximum atomic E-state index is 10.2. The summed E-state index contributed by atoms with van der Waals surface area (Å²) in [7, 11) is 0. The molecule has 0 aromatic carbocycles. The molecule has 1 fully saturated rings. The van der Waals surface area contributed by atoms with Crippen LogP contribution in [-0.2, 0) is 0 Å². The second-order valence-electron chi connectivity index (χ2n) is 1.30. The van der Waals surface area contributed by atoms with E-state index in [-0.39, 0.29) is 0 Å². The molecule has 0 aromatic rings. The molecular weight excluding hydrogens is 126 g/mol. The van der Waals surface area contributed by atoms with E-state index in [0.717, 1.165) is 0 Å². The van der Waals surface area contributed by atoms with E-state index in [1.807, 2.05) is 0 Å². The van der Waals surface area contributed by atoms with Gasteiger partial charge in [-0.05, 0) is 0 Å². The van der Waals surface area contributed by atoms with Crippen LogP contribution >= 0.6 is 0 Å². The van der Waals surface area contributed by atoms with Crippen molar-refractivity contribution in [2.45, 2.75) is 0 Å². The van der Waals surface area contributed by atoms with Crippen molar-refractivity contribution >= 4 is 18.1 Å². The molecule has 47 valence electrons. The molecule has 0 aromatic heterocycles. The van der Waals surface area contributed by atoms with Crippen LogP contribution in [-0.4, -0.2) is 18.1 Å². The summed E-state index contributed by atoms with van der Waals surface area (Å²) >= 11 is 0. The van der Waals surface area contributed by atoms with Gasteiger partial charge in [0.1, 0.15) is 0 Å². The molecule has 0 saturated carbocycles. The molecular formula is C3H2N3O3. The molecule has 1 saturated heterocycles. The summed E-state index contributed by atoms with van der Waals surface area (Å²) in [5.74, 6) is 0. The Labute approximate surface area is 49.6 Å². The summed E-state index contributed by atoms with van der Waals surface area (Å²) in [6.45, 7) is 0. The minimum Gasteiger partial charge on any atom is -0.257 e. The Bertz CT molecular complexity index is 141. The Balaban J connectivity index is 2.64. The van der Waals surface area contributed by atoms with E-state index in [1.54, 1.807) is 10.6 Å². The lowest BCUT2D eigenvalue weighted by Crippen LogP contribution is -2.54. The van der Waals surface area contributed by atoms with Crippen LogP contribution in [0.2, 0.25) is 0 Å². The molecule has 2 N–H and O–H groups in total. The molecule has 0 unspecified atom stereocenters. The first-order valence-corrected chi connectivity index (χ1v) is 2.06. The zero-order valence-electron chi connectivity index (χ0n) is 4.17. The first-order chi connectivity index (χ1) is 4.18. The number of hydrogen-bond donors (Lipinski definition) is 2. The summed E-state index contributed by atoms with van der Waals surface area (Å²) < 4.78 is 0. The number of urea groups is 3. The van der Waals surface area contributed by atoms with Gasteiger partial charge in [0.2, 0.25) is 0 Å². The van der Waals surface area contributed by atoms with Gasteiger partial charge >= 0.3 is 18.1 Å². The minimum atomic E-state index is -0.927. The zero-order valence-corrected chi connectivity index (χ0v) is 4.17. The largest absolute Gasteiger partial charge is 0.353 e. The van der Waals surface area contributed by atoms with Crippen molar-refractivity contribution in [1.29, 1.82) is 0 Å². The summed E-state index contributed by atoms with van der Waals surface area (Å²) in [6, 6.07) is -2.69. The van der Waals surface area contributed by atoms with Crippen LogP contribution < -0.4 is 16.0 Å². The highest BCUT2D eigenvalue weighted by molar-refractivity contribution is 6.11. The van der Waals surface area contributed by atoms with Crippen LogP contribution in [0.3, 0.4) is 0 Å². The Morgan fingerprint density at radius 3 is 1.78 bits per heavy atom. The van der Waals surface area contributed by atoms with Crippen LogP contribution in [0.4, 0.5) is 14.4 Å². The van der Waals surface area contributed by atoms with Gasteiger partial charge in [-0.15, -0.1) is 5.32 Å². The number of carbonyl (C=O) groups is 3. The highest BCUT2D eigenvalue weighted by Crippen LogP contribution is 1.78. The van der Waals surface area contributed by atoms with Crippen molar-refractivity contribution in [2.24, 2.45) is 0 Å². The smallest absolute Gasteiger partial charge is 0.257 e. The third-order valence-electron chi connectivity index (χ3n) is 0.644. The third-order valence-corrected chi connectivity index (χ3v) is 0.644. The number of imide groups is 3. The van der Waals surface area contributed by atoms with Crippen molar-refractivity contribution in [2.75, 3.05) is 0 Å². The Morgan fingerprint density at radius 2 is 1.44 bits per heavy atom. The van der Waals surface area contributed by atoms with Gasteiger partial charge in [0.15, 0.2) is 0 Å². The van der Waals surface area contributed by atoms with Crippen LogP contribution in [0.1, 0.15) is 0 Å². The van der Waals surface area contributed by atoms with Gasteiger partial charge in [0, 0.05) is 0 Å². The van der Waals surface area contributed by atoms with Gasteiger partial charge in [-0.25, -0.2) is 14.4 Å². The number of hydrogen-bond acceptors (Lipinski definition) is 3. The lowest BCUT2D eigenvalue weighted by atomic mass is 10.7. The Kier molecular flexibility index (Phi) is 1.07. The van der Waals surface area contributed by atoms with Crippen LogP contribution in [0.15, 0.2) is 0 Å². The normalized spacial score (nSPS) is 18.0. The van der Waals surface area contributed by atoms with Crippen LogP contribution in [0.25, 0.3) is 0 Å². The topological polar surface area (TPSA) is 89.4 Å². The van der Waals surface area contributed by atoms with Gasteiger partial charge in [0.05, 0.1) is 0 Å². The highest BCUT2D eigenvalue weighted by atomic mass is 16.2. The van der Waals surface area contributed by atoms with E-state index in [9.17, 15) is 14.4 Å². The minimum absolute atomic E-state index is 0.833. The van der Waals surface area contributed by atoms with Crippen LogP contribution in [0.5, 0.6) is 0 Å². The van der Waals surface area contributed by atoms with E-state index in [4.69, 9.17) is 0 Å². The van der Waals surface area contributed by atoms with Gasteiger partial charge < -0.3 is 0 Å². The molecule has 6 amide bonds. The standard InChI is InChI=1S/C3H2N3O3/c7-1-4-2(8)6-3(9)5-1/h(H2,4,5,7,8,9).